The minimum absolute atomic E-state index is 0.244. The lowest BCUT2D eigenvalue weighted by Crippen LogP contribution is -2.54. The molecule has 7 nitrogen and oxygen atoms in total. The number of carbonyl (C=O) groups is 3. The van der Waals surface area contributed by atoms with Crippen molar-refractivity contribution in [2.24, 2.45) is 0 Å². The van der Waals surface area contributed by atoms with E-state index in [0.717, 1.165) is 28.5 Å². The first-order valence-corrected chi connectivity index (χ1v) is 14.3. The molecular formula is C31H21ClF3IN2O5. The highest BCUT2D eigenvalue weighted by Gasteiger charge is 2.39. The maximum atomic E-state index is 13.4. The highest BCUT2D eigenvalue weighted by molar-refractivity contribution is 14.1. The SMILES string of the molecule is CCOc1cc(/C=C2/C(=O)NC(=O)N(c3cc(C(F)(F)F)ccc3Cl)C2=O)cc(I)c1OCc1cccc2ccccc12. The van der Waals surface area contributed by atoms with Crippen molar-refractivity contribution in [2.45, 2.75) is 19.7 Å². The minimum Gasteiger partial charge on any atom is -0.490 e. The predicted octanol–water partition coefficient (Wildman–Crippen LogP) is 7.76. The molecule has 1 aliphatic heterocycles. The van der Waals surface area contributed by atoms with Crippen LogP contribution < -0.4 is 19.7 Å². The van der Waals surface area contributed by atoms with Gasteiger partial charge in [-0.25, -0.2) is 9.69 Å². The predicted molar refractivity (Wildman–Crippen MR) is 164 cm³/mol. The highest BCUT2D eigenvalue weighted by atomic mass is 127. The number of alkyl halides is 3. The van der Waals surface area contributed by atoms with Gasteiger partial charge in [0.25, 0.3) is 11.8 Å². The monoisotopic (exact) mass is 720 g/mol. The third-order valence-electron chi connectivity index (χ3n) is 6.51. The van der Waals surface area contributed by atoms with E-state index in [4.69, 9.17) is 21.1 Å². The average molecular weight is 721 g/mol. The van der Waals surface area contributed by atoms with Crippen LogP contribution in [0.15, 0.2) is 78.4 Å². The summed E-state index contributed by atoms with van der Waals surface area (Å²) in [6.45, 7) is 2.32. The van der Waals surface area contributed by atoms with Gasteiger partial charge in [0, 0.05) is 0 Å². The zero-order valence-electron chi connectivity index (χ0n) is 22.3. The van der Waals surface area contributed by atoms with E-state index in [1.807, 2.05) is 70.4 Å². The number of fused-ring (bicyclic) bond motifs is 1. The van der Waals surface area contributed by atoms with Crippen molar-refractivity contribution >= 4 is 74.6 Å². The number of ether oxygens (including phenoxy) is 2. The molecule has 220 valence electrons. The molecule has 4 amide bonds. The van der Waals surface area contributed by atoms with E-state index in [1.54, 1.807) is 19.1 Å². The van der Waals surface area contributed by atoms with Gasteiger partial charge in [-0.05, 0) is 87.8 Å². The number of imide groups is 2. The Labute approximate surface area is 262 Å². The quantitative estimate of drug-likeness (QED) is 0.120. The molecule has 1 saturated heterocycles. The molecule has 0 atom stereocenters. The molecule has 1 aliphatic rings. The second-order valence-electron chi connectivity index (χ2n) is 9.31. The van der Waals surface area contributed by atoms with Crippen LogP contribution in [0, 0.1) is 3.57 Å². The highest BCUT2D eigenvalue weighted by Crippen LogP contribution is 2.38. The van der Waals surface area contributed by atoms with Crippen molar-refractivity contribution in [1.29, 1.82) is 0 Å². The number of amides is 4. The second-order valence-corrected chi connectivity index (χ2v) is 10.9. The van der Waals surface area contributed by atoms with Gasteiger partial charge in [-0.3, -0.25) is 14.9 Å². The summed E-state index contributed by atoms with van der Waals surface area (Å²) in [5, 5.41) is 3.82. The van der Waals surface area contributed by atoms with Crippen molar-refractivity contribution in [3.05, 3.63) is 104 Å². The third-order valence-corrected chi connectivity index (χ3v) is 7.63. The molecule has 0 bridgehead atoms. The number of anilines is 1. The van der Waals surface area contributed by atoms with Gasteiger partial charge in [0.2, 0.25) is 0 Å². The number of rotatable bonds is 7. The molecule has 1 N–H and O–H groups in total. The lowest BCUT2D eigenvalue weighted by Gasteiger charge is -2.27. The number of benzene rings is 4. The Bertz CT molecular complexity index is 1800. The summed E-state index contributed by atoms with van der Waals surface area (Å²) in [5.74, 6) is -1.36. The summed E-state index contributed by atoms with van der Waals surface area (Å²) < 4.78 is 52.6. The minimum atomic E-state index is -4.76. The van der Waals surface area contributed by atoms with E-state index >= 15 is 0 Å². The molecular weight excluding hydrogens is 700 g/mol. The van der Waals surface area contributed by atoms with Crippen molar-refractivity contribution in [2.75, 3.05) is 11.5 Å². The number of halogens is 5. The maximum Gasteiger partial charge on any atom is 0.416 e. The molecule has 0 unspecified atom stereocenters. The molecule has 0 spiro atoms. The molecule has 43 heavy (non-hydrogen) atoms. The Morgan fingerprint density at radius 2 is 1.72 bits per heavy atom. The Balaban J connectivity index is 1.48. The van der Waals surface area contributed by atoms with Crippen LogP contribution >= 0.6 is 34.2 Å². The number of nitrogens with one attached hydrogen (secondary N) is 1. The van der Waals surface area contributed by atoms with Gasteiger partial charge in [0.1, 0.15) is 12.2 Å². The summed E-state index contributed by atoms with van der Waals surface area (Å²) >= 11 is 8.12. The standard InChI is InChI=1S/C31H21ClF3IN2O5/c1-2-42-26-14-17(13-24(36)27(26)43-16-19-8-5-7-18-6-3-4-9-21(18)19)12-22-28(39)37-30(41)38(29(22)40)25-15-20(31(33,34)35)10-11-23(25)32/h3-15H,2,16H2,1H3,(H,37,39,41)/b22-12-. The van der Waals surface area contributed by atoms with E-state index in [0.29, 0.717) is 31.6 Å². The molecule has 0 radical (unpaired) electrons. The molecule has 4 aromatic rings. The van der Waals surface area contributed by atoms with Crippen molar-refractivity contribution < 1.29 is 37.0 Å². The van der Waals surface area contributed by atoms with Gasteiger partial charge in [0.15, 0.2) is 11.5 Å². The van der Waals surface area contributed by atoms with Gasteiger partial charge in [0.05, 0.1) is 26.5 Å². The molecule has 12 heteroatoms. The van der Waals surface area contributed by atoms with Crippen LogP contribution in [0.2, 0.25) is 5.02 Å². The summed E-state index contributed by atoms with van der Waals surface area (Å²) in [7, 11) is 0. The lowest BCUT2D eigenvalue weighted by atomic mass is 10.0. The Morgan fingerprint density at radius 1 is 0.977 bits per heavy atom. The number of carbonyl (C=O) groups excluding carboxylic acids is 3. The maximum absolute atomic E-state index is 13.4. The first kappa shape index (κ1) is 30.4. The molecule has 0 aliphatic carbocycles. The molecule has 4 aromatic carbocycles. The average Bonchev–Trinajstić information content (AvgIpc) is 2.95. The van der Waals surface area contributed by atoms with Gasteiger partial charge in [-0.2, -0.15) is 13.2 Å². The van der Waals surface area contributed by atoms with Crippen LogP contribution in [0.5, 0.6) is 11.5 Å². The van der Waals surface area contributed by atoms with Crippen molar-refractivity contribution in [3.63, 3.8) is 0 Å². The van der Waals surface area contributed by atoms with Crippen LogP contribution in [-0.2, 0) is 22.4 Å². The topological polar surface area (TPSA) is 84.9 Å². The van der Waals surface area contributed by atoms with Gasteiger partial charge in [-0.1, -0.05) is 54.1 Å². The summed E-state index contributed by atoms with van der Waals surface area (Å²) in [6, 6.07) is 18.0. The van der Waals surface area contributed by atoms with Crippen LogP contribution in [0.4, 0.5) is 23.7 Å². The third kappa shape index (κ3) is 6.32. The Kier molecular flexibility index (Phi) is 8.65. The van der Waals surface area contributed by atoms with Gasteiger partial charge in [-0.15, -0.1) is 0 Å². The van der Waals surface area contributed by atoms with Gasteiger partial charge >= 0.3 is 12.2 Å². The number of hydrogen-bond acceptors (Lipinski definition) is 5. The Hall–Kier alpha value is -4.10. The van der Waals surface area contributed by atoms with Crippen LogP contribution in [-0.4, -0.2) is 24.5 Å². The summed E-state index contributed by atoms with van der Waals surface area (Å²) in [6.07, 6.45) is -3.54. The van der Waals surface area contributed by atoms with E-state index in [1.165, 1.54) is 6.08 Å². The number of hydrogen-bond donors (Lipinski definition) is 1. The first-order valence-electron chi connectivity index (χ1n) is 12.8. The largest absolute Gasteiger partial charge is 0.490 e. The van der Waals surface area contributed by atoms with E-state index in [9.17, 15) is 27.6 Å². The molecule has 1 fully saturated rings. The molecule has 5 rings (SSSR count). The number of urea groups is 1. The van der Waals surface area contributed by atoms with E-state index in [-0.39, 0.29) is 18.2 Å². The fourth-order valence-electron chi connectivity index (χ4n) is 4.55. The molecule has 0 aromatic heterocycles. The van der Waals surface area contributed by atoms with E-state index in [2.05, 4.69) is 0 Å². The van der Waals surface area contributed by atoms with Crippen LogP contribution in [0.3, 0.4) is 0 Å². The fourth-order valence-corrected chi connectivity index (χ4v) is 5.53. The lowest BCUT2D eigenvalue weighted by molar-refractivity contribution is -0.137. The zero-order chi connectivity index (χ0) is 30.9. The fraction of sp³-hybridized carbons (Fsp3) is 0.129. The van der Waals surface area contributed by atoms with Gasteiger partial charge < -0.3 is 9.47 Å². The Morgan fingerprint density at radius 3 is 2.47 bits per heavy atom. The molecule has 0 saturated carbocycles. The summed E-state index contributed by atoms with van der Waals surface area (Å²) in [5.41, 5.74) is -0.807. The zero-order valence-corrected chi connectivity index (χ0v) is 25.2. The number of barbiturate groups is 1. The first-order chi connectivity index (χ1) is 20.5. The normalized spacial score (nSPS) is 14.8. The van der Waals surface area contributed by atoms with Crippen LogP contribution in [0.25, 0.3) is 16.8 Å². The number of nitrogens with zero attached hydrogens (tertiary/aromatic N) is 1. The second kappa shape index (κ2) is 12.3. The van der Waals surface area contributed by atoms with Crippen LogP contribution in [0.1, 0.15) is 23.6 Å². The molecule has 1 heterocycles. The smallest absolute Gasteiger partial charge is 0.416 e. The van der Waals surface area contributed by atoms with Crippen molar-refractivity contribution in [1.82, 2.24) is 5.32 Å². The van der Waals surface area contributed by atoms with Crippen molar-refractivity contribution in [3.8, 4) is 11.5 Å². The summed E-state index contributed by atoms with van der Waals surface area (Å²) in [4.78, 5) is 39.1. The van der Waals surface area contributed by atoms with E-state index < -0.39 is 40.8 Å².